The highest BCUT2D eigenvalue weighted by Crippen LogP contribution is 2.07. The number of carbonyl (C=O) groups excluding carboxylic acids is 3. The van der Waals surface area contributed by atoms with Crippen molar-refractivity contribution in [3.63, 3.8) is 0 Å². The van der Waals surface area contributed by atoms with E-state index in [0.29, 0.717) is 31.9 Å². The zero-order chi connectivity index (χ0) is 14.4. The van der Waals surface area contributed by atoms with Gasteiger partial charge in [0.05, 0.1) is 0 Å². The monoisotopic (exact) mass is 275 g/mol. The number of piperazine rings is 1. The van der Waals surface area contributed by atoms with Gasteiger partial charge in [0.1, 0.15) is 6.42 Å². The van der Waals surface area contributed by atoms with Crippen molar-refractivity contribution in [2.75, 3.05) is 31.5 Å². The van der Waals surface area contributed by atoms with Crippen LogP contribution in [0, 0.1) is 0 Å². The number of hydrogen-bond acceptors (Lipinski definition) is 3. The Morgan fingerprint density at radius 2 is 1.75 bits per heavy atom. The third kappa shape index (κ3) is 3.81. The minimum atomic E-state index is -0.320. The summed E-state index contributed by atoms with van der Waals surface area (Å²) >= 11 is 0. The molecule has 0 atom stereocenters. The van der Waals surface area contributed by atoms with Gasteiger partial charge in [-0.15, -0.1) is 0 Å². The van der Waals surface area contributed by atoms with Gasteiger partial charge in [0.15, 0.2) is 0 Å². The van der Waals surface area contributed by atoms with E-state index in [2.05, 4.69) is 5.32 Å². The number of rotatable bonds is 4. The summed E-state index contributed by atoms with van der Waals surface area (Å²) in [5.74, 6) is -0.525. The molecule has 1 aliphatic heterocycles. The molecule has 6 heteroatoms. The number of carbonyl (C=O) groups is 3. The van der Waals surface area contributed by atoms with Crippen molar-refractivity contribution >= 4 is 23.9 Å². The molecule has 1 N–H and O–H groups in total. The summed E-state index contributed by atoms with van der Waals surface area (Å²) in [5.41, 5.74) is 0.677. The molecule has 1 aromatic carbocycles. The number of amides is 3. The standard InChI is InChI=1S/C14H17N3O3/c18-11-16-6-8-17(9-7-16)14(20)10-13(19)15-12-4-2-1-3-5-12/h1-5,11H,6-10H2,(H,15,19). The lowest BCUT2D eigenvalue weighted by Gasteiger charge is -2.32. The van der Waals surface area contributed by atoms with Crippen LogP contribution in [0.3, 0.4) is 0 Å². The average Bonchev–Trinajstić information content (AvgIpc) is 2.48. The number of anilines is 1. The molecule has 0 aliphatic carbocycles. The van der Waals surface area contributed by atoms with Gasteiger partial charge in [0.25, 0.3) is 0 Å². The Morgan fingerprint density at radius 1 is 1.10 bits per heavy atom. The molecular weight excluding hydrogens is 258 g/mol. The van der Waals surface area contributed by atoms with Crippen molar-refractivity contribution in [3.8, 4) is 0 Å². The molecule has 106 valence electrons. The van der Waals surface area contributed by atoms with E-state index in [1.165, 1.54) is 0 Å². The van der Waals surface area contributed by atoms with Crippen molar-refractivity contribution in [1.29, 1.82) is 0 Å². The maximum Gasteiger partial charge on any atom is 0.233 e. The first-order chi connectivity index (χ1) is 9.69. The first-order valence-corrected chi connectivity index (χ1v) is 6.51. The van der Waals surface area contributed by atoms with Gasteiger partial charge in [-0.2, -0.15) is 0 Å². The number of para-hydroxylation sites is 1. The first kappa shape index (κ1) is 14.0. The summed E-state index contributed by atoms with van der Waals surface area (Å²) in [6.07, 6.45) is 0.611. The van der Waals surface area contributed by atoms with Gasteiger partial charge in [-0.1, -0.05) is 18.2 Å². The molecule has 1 saturated heterocycles. The lowest BCUT2D eigenvalue weighted by molar-refractivity contribution is -0.137. The number of nitrogens with zero attached hydrogens (tertiary/aromatic N) is 2. The summed E-state index contributed by atoms with van der Waals surface area (Å²) < 4.78 is 0. The fraction of sp³-hybridized carbons (Fsp3) is 0.357. The number of benzene rings is 1. The summed E-state index contributed by atoms with van der Waals surface area (Å²) in [6, 6.07) is 9.02. The Hall–Kier alpha value is -2.37. The quantitative estimate of drug-likeness (QED) is 0.635. The minimum absolute atomic E-state index is 0.171. The molecule has 1 aliphatic rings. The molecule has 1 aromatic rings. The van der Waals surface area contributed by atoms with Crippen LogP contribution in [0.2, 0.25) is 0 Å². The minimum Gasteiger partial charge on any atom is -0.342 e. The Labute approximate surface area is 117 Å². The van der Waals surface area contributed by atoms with Crippen LogP contribution in [-0.2, 0) is 14.4 Å². The van der Waals surface area contributed by atoms with Crippen molar-refractivity contribution in [1.82, 2.24) is 9.80 Å². The van der Waals surface area contributed by atoms with Crippen LogP contribution in [0.25, 0.3) is 0 Å². The molecule has 20 heavy (non-hydrogen) atoms. The second-order valence-electron chi connectivity index (χ2n) is 4.61. The largest absolute Gasteiger partial charge is 0.342 e. The molecule has 0 radical (unpaired) electrons. The highest BCUT2D eigenvalue weighted by molar-refractivity contribution is 6.03. The van der Waals surface area contributed by atoms with Gasteiger partial charge in [0.2, 0.25) is 18.2 Å². The SMILES string of the molecule is O=CN1CCN(C(=O)CC(=O)Nc2ccccc2)CC1. The van der Waals surface area contributed by atoms with Crippen LogP contribution in [0.15, 0.2) is 30.3 Å². The zero-order valence-electron chi connectivity index (χ0n) is 11.1. The molecule has 2 rings (SSSR count). The van der Waals surface area contributed by atoms with Crippen LogP contribution < -0.4 is 5.32 Å². The molecule has 0 saturated carbocycles. The fourth-order valence-corrected chi connectivity index (χ4v) is 2.05. The molecule has 3 amide bonds. The van der Waals surface area contributed by atoms with E-state index in [4.69, 9.17) is 0 Å². The average molecular weight is 275 g/mol. The highest BCUT2D eigenvalue weighted by Gasteiger charge is 2.21. The maximum absolute atomic E-state index is 12.0. The van der Waals surface area contributed by atoms with Crippen LogP contribution in [0.5, 0.6) is 0 Å². The van der Waals surface area contributed by atoms with Crippen LogP contribution in [0.4, 0.5) is 5.69 Å². The van der Waals surface area contributed by atoms with Gasteiger partial charge < -0.3 is 15.1 Å². The van der Waals surface area contributed by atoms with E-state index < -0.39 is 0 Å². The molecule has 1 heterocycles. The Kier molecular flexibility index (Phi) is 4.70. The number of nitrogens with one attached hydrogen (secondary N) is 1. The lowest BCUT2D eigenvalue weighted by Crippen LogP contribution is -2.48. The molecule has 1 fully saturated rings. The lowest BCUT2D eigenvalue weighted by atomic mass is 10.2. The van der Waals surface area contributed by atoms with E-state index in [-0.39, 0.29) is 18.2 Å². The van der Waals surface area contributed by atoms with E-state index in [1.54, 1.807) is 21.9 Å². The van der Waals surface area contributed by atoms with Gasteiger partial charge in [0, 0.05) is 31.9 Å². The van der Waals surface area contributed by atoms with Crippen molar-refractivity contribution in [2.45, 2.75) is 6.42 Å². The second-order valence-corrected chi connectivity index (χ2v) is 4.61. The van der Waals surface area contributed by atoms with Gasteiger partial charge in [-0.05, 0) is 12.1 Å². The van der Waals surface area contributed by atoms with Gasteiger partial charge in [-0.3, -0.25) is 14.4 Å². The van der Waals surface area contributed by atoms with Crippen molar-refractivity contribution in [2.24, 2.45) is 0 Å². The Morgan fingerprint density at radius 3 is 2.35 bits per heavy atom. The third-order valence-corrected chi connectivity index (χ3v) is 3.19. The van der Waals surface area contributed by atoms with Crippen LogP contribution in [-0.4, -0.2) is 54.2 Å². The summed E-state index contributed by atoms with van der Waals surface area (Å²) in [7, 11) is 0. The Bertz CT molecular complexity index is 482. The summed E-state index contributed by atoms with van der Waals surface area (Å²) in [6.45, 7) is 2.01. The van der Waals surface area contributed by atoms with Crippen molar-refractivity contribution in [3.05, 3.63) is 30.3 Å². The summed E-state index contributed by atoms with van der Waals surface area (Å²) in [5, 5.41) is 2.68. The second kappa shape index (κ2) is 6.70. The summed E-state index contributed by atoms with van der Waals surface area (Å²) in [4.78, 5) is 37.5. The molecule has 0 bridgehead atoms. The van der Waals surface area contributed by atoms with E-state index in [9.17, 15) is 14.4 Å². The molecule has 0 spiro atoms. The van der Waals surface area contributed by atoms with Crippen LogP contribution >= 0.6 is 0 Å². The van der Waals surface area contributed by atoms with Gasteiger partial charge >= 0.3 is 0 Å². The van der Waals surface area contributed by atoms with E-state index in [0.717, 1.165) is 6.41 Å². The topological polar surface area (TPSA) is 69.7 Å². The molecule has 6 nitrogen and oxygen atoms in total. The third-order valence-electron chi connectivity index (χ3n) is 3.19. The predicted octanol–water partition coefficient (Wildman–Crippen LogP) is 0.316. The molecule has 0 unspecified atom stereocenters. The van der Waals surface area contributed by atoms with E-state index >= 15 is 0 Å². The Balaban J connectivity index is 1.80. The highest BCUT2D eigenvalue weighted by atomic mass is 16.2. The fourth-order valence-electron chi connectivity index (χ4n) is 2.05. The predicted molar refractivity (Wildman–Crippen MR) is 73.9 cm³/mol. The maximum atomic E-state index is 12.0. The van der Waals surface area contributed by atoms with Gasteiger partial charge in [-0.25, -0.2) is 0 Å². The number of hydrogen-bond donors (Lipinski definition) is 1. The first-order valence-electron chi connectivity index (χ1n) is 6.51. The molecular formula is C14H17N3O3. The normalized spacial score (nSPS) is 14.8. The van der Waals surface area contributed by atoms with Crippen LogP contribution in [0.1, 0.15) is 6.42 Å². The van der Waals surface area contributed by atoms with Crippen molar-refractivity contribution < 1.29 is 14.4 Å². The smallest absolute Gasteiger partial charge is 0.233 e. The van der Waals surface area contributed by atoms with E-state index in [1.807, 2.05) is 18.2 Å². The molecule has 0 aromatic heterocycles. The zero-order valence-corrected chi connectivity index (χ0v) is 11.1.